The second-order valence-electron chi connectivity index (χ2n) is 3.94. The van der Waals surface area contributed by atoms with E-state index in [4.69, 9.17) is 9.84 Å². The highest BCUT2D eigenvalue weighted by molar-refractivity contribution is 5.75. The van der Waals surface area contributed by atoms with E-state index in [0.717, 1.165) is 25.9 Å². The number of hydrogen-bond donors (Lipinski definition) is 2. The molecule has 0 rings (SSSR count). The van der Waals surface area contributed by atoms with Gasteiger partial charge in [-0.1, -0.05) is 26.7 Å². The van der Waals surface area contributed by atoms with Gasteiger partial charge in [0.25, 0.3) is 0 Å². The average molecular weight is 247 g/mol. The van der Waals surface area contributed by atoms with Crippen LogP contribution in [0.25, 0.3) is 0 Å². The van der Waals surface area contributed by atoms with Crippen molar-refractivity contribution in [1.29, 1.82) is 0 Å². The van der Waals surface area contributed by atoms with Crippen LogP contribution in [0.15, 0.2) is 0 Å². The molecule has 0 aliphatic carbocycles. The molecule has 0 saturated carbocycles. The molecule has 0 saturated heterocycles. The smallest absolute Gasteiger partial charge is 0.219 e. The van der Waals surface area contributed by atoms with Crippen LogP contribution in [0, 0.1) is 0 Å². The van der Waals surface area contributed by atoms with E-state index < -0.39 is 0 Å². The lowest BCUT2D eigenvalue weighted by Gasteiger charge is -2.03. The van der Waals surface area contributed by atoms with Gasteiger partial charge in [-0.3, -0.25) is 4.79 Å². The quantitative estimate of drug-likeness (QED) is 0.613. The van der Waals surface area contributed by atoms with Crippen molar-refractivity contribution >= 4 is 5.91 Å². The molecule has 0 unspecified atom stereocenters. The van der Waals surface area contributed by atoms with E-state index >= 15 is 0 Å². The van der Waals surface area contributed by atoms with Crippen LogP contribution in [0.2, 0.25) is 0 Å². The second kappa shape index (κ2) is 17.8. The number of unbranched alkanes of at least 4 members (excludes halogenated alkanes) is 2. The Hall–Kier alpha value is -0.610. The lowest BCUT2D eigenvalue weighted by atomic mass is 10.2. The highest BCUT2D eigenvalue weighted by Gasteiger charge is 1.99. The molecule has 2 N–H and O–H groups in total. The molecule has 0 heterocycles. The van der Waals surface area contributed by atoms with E-state index in [2.05, 4.69) is 19.2 Å². The third-order valence-electron chi connectivity index (χ3n) is 1.91. The lowest BCUT2D eigenvalue weighted by Crippen LogP contribution is -2.24. The van der Waals surface area contributed by atoms with Crippen molar-refractivity contribution in [3.8, 4) is 0 Å². The Morgan fingerprint density at radius 3 is 2.35 bits per heavy atom. The number of aliphatic hydroxyl groups is 1. The maximum Gasteiger partial charge on any atom is 0.219 e. The van der Waals surface area contributed by atoms with Crippen LogP contribution in [0.1, 0.15) is 52.4 Å². The molecule has 0 fully saturated rings. The minimum absolute atomic E-state index is 0.0795. The van der Waals surface area contributed by atoms with Gasteiger partial charge >= 0.3 is 0 Å². The highest BCUT2D eigenvalue weighted by atomic mass is 16.5. The third kappa shape index (κ3) is 21.3. The summed E-state index contributed by atoms with van der Waals surface area (Å²) in [6.07, 6.45) is 5.42. The molecule has 104 valence electrons. The summed E-state index contributed by atoms with van der Waals surface area (Å²) in [5.41, 5.74) is 0. The number of amides is 1. The molecule has 0 aromatic heterocycles. The molecule has 0 radical (unpaired) electrons. The maximum atomic E-state index is 11.1. The van der Waals surface area contributed by atoms with Crippen molar-refractivity contribution in [3.63, 3.8) is 0 Å². The molecular formula is C13H29NO3. The summed E-state index contributed by atoms with van der Waals surface area (Å²) in [7, 11) is 1.68. The normalized spacial score (nSPS) is 9.41. The molecule has 0 bridgehead atoms. The third-order valence-corrected chi connectivity index (χ3v) is 1.91. The SMILES string of the molecule is CCC.COCCCCCC(=O)NCCCO. The first-order valence-corrected chi connectivity index (χ1v) is 6.59. The summed E-state index contributed by atoms with van der Waals surface area (Å²) >= 11 is 0. The predicted octanol–water partition coefficient (Wildman–Crippen LogP) is 2.11. The van der Waals surface area contributed by atoms with Gasteiger partial charge in [-0.25, -0.2) is 0 Å². The maximum absolute atomic E-state index is 11.1. The molecule has 0 aliphatic rings. The van der Waals surface area contributed by atoms with E-state index in [1.807, 2.05) is 0 Å². The van der Waals surface area contributed by atoms with Crippen LogP contribution in [0.5, 0.6) is 0 Å². The van der Waals surface area contributed by atoms with Gasteiger partial charge in [0, 0.05) is 33.3 Å². The Kier molecular flexibility index (Phi) is 19.6. The summed E-state index contributed by atoms with van der Waals surface area (Å²) in [6, 6.07) is 0. The lowest BCUT2D eigenvalue weighted by molar-refractivity contribution is -0.121. The van der Waals surface area contributed by atoms with E-state index in [1.54, 1.807) is 7.11 Å². The summed E-state index contributed by atoms with van der Waals surface area (Å²) in [6.45, 7) is 5.73. The minimum atomic E-state index is 0.0795. The zero-order chi connectivity index (χ0) is 13.4. The van der Waals surface area contributed by atoms with E-state index in [0.29, 0.717) is 19.4 Å². The van der Waals surface area contributed by atoms with Crippen molar-refractivity contribution in [1.82, 2.24) is 5.32 Å². The highest BCUT2D eigenvalue weighted by Crippen LogP contribution is 1.99. The van der Waals surface area contributed by atoms with Gasteiger partial charge in [0.2, 0.25) is 5.91 Å². The fourth-order valence-corrected chi connectivity index (χ4v) is 1.10. The molecule has 0 atom stereocenters. The standard InChI is InChI=1S/C10H21NO3.C3H8/c1-14-9-4-2-3-6-10(13)11-7-5-8-12;1-3-2/h12H,2-9H2,1H3,(H,11,13);3H2,1-2H3. The van der Waals surface area contributed by atoms with Crippen LogP contribution in [-0.4, -0.2) is 37.9 Å². The molecular weight excluding hydrogens is 218 g/mol. The van der Waals surface area contributed by atoms with Crippen molar-refractivity contribution in [3.05, 3.63) is 0 Å². The first-order chi connectivity index (χ1) is 8.22. The number of carbonyl (C=O) groups is 1. The average Bonchev–Trinajstić information content (AvgIpc) is 2.30. The first-order valence-electron chi connectivity index (χ1n) is 6.59. The van der Waals surface area contributed by atoms with Crippen LogP contribution in [0.4, 0.5) is 0 Å². The molecule has 4 nitrogen and oxygen atoms in total. The van der Waals surface area contributed by atoms with Crippen molar-refractivity contribution in [2.24, 2.45) is 0 Å². The second-order valence-corrected chi connectivity index (χ2v) is 3.94. The Morgan fingerprint density at radius 1 is 1.18 bits per heavy atom. The van der Waals surface area contributed by atoms with E-state index in [9.17, 15) is 4.79 Å². The summed E-state index contributed by atoms with van der Waals surface area (Å²) in [4.78, 5) is 11.1. The molecule has 0 aromatic rings. The molecule has 1 amide bonds. The van der Waals surface area contributed by atoms with Crippen molar-refractivity contribution in [2.45, 2.75) is 52.4 Å². The molecule has 4 heteroatoms. The van der Waals surface area contributed by atoms with Crippen LogP contribution in [-0.2, 0) is 9.53 Å². The fourth-order valence-electron chi connectivity index (χ4n) is 1.10. The van der Waals surface area contributed by atoms with Gasteiger partial charge in [0.05, 0.1) is 0 Å². The van der Waals surface area contributed by atoms with Gasteiger partial charge in [-0.15, -0.1) is 0 Å². The number of rotatable bonds is 9. The van der Waals surface area contributed by atoms with Gasteiger partial charge in [-0.2, -0.15) is 0 Å². The van der Waals surface area contributed by atoms with Crippen LogP contribution >= 0.6 is 0 Å². The Morgan fingerprint density at radius 2 is 1.82 bits per heavy atom. The van der Waals surface area contributed by atoms with E-state index in [-0.39, 0.29) is 12.5 Å². The van der Waals surface area contributed by atoms with Gasteiger partial charge < -0.3 is 15.2 Å². The number of ether oxygens (including phenoxy) is 1. The number of nitrogens with one attached hydrogen (secondary N) is 1. The molecule has 0 aromatic carbocycles. The number of carbonyl (C=O) groups excluding carboxylic acids is 1. The topological polar surface area (TPSA) is 58.6 Å². The van der Waals surface area contributed by atoms with Crippen LogP contribution < -0.4 is 5.32 Å². The Balaban J connectivity index is 0. The molecule has 17 heavy (non-hydrogen) atoms. The molecule has 0 aliphatic heterocycles. The monoisotopic (exact) mass is 247 g/mol. The van der Waals surface area contributed by atoms with Crippen molar-refractivity contribution in [2.75, 3.05) is 26.9 Å². The van der Waals surface area contributed by atoms with Gasteiger partial charge in [-0.05, 0) is 19.3 Å². The zero-order valence-corrected chi connectivity index (χ0v) is 11.6. The zero-order valence-electron chi connectivity index (χ0n) is 11.6. The predicted molar refractivity (Wildman–Crippen MR) is 71.0 cm³/mol. The minimum Gasteiger partial charge on any atom is -0.396 e. The van der Waals surface area contributed by atoms with E-state index in [1.165, 1.54) is 6.42 Å². The Bertz CT molecular complexity index is 152. The number of hydrogen-bond acceptors (Lipinski definition) is 3. The van der Waals surface area contributed by atoms with Crippen LogP contribution in [0.3, 0.4) is 0 Å². The largest absolute Gasteiger partial charge is 0.396 e. The summed E-state index contributed by atoms with van der Waals surface area (Å²) in [5, 5.41) is 11.2. The number of methoxy groups -OCH3 is 1. The fraction of sp³-hybridized carbons (Fsp3) is 0.923. The van der Waals surface area contributed by atoms with Gasteiger partial charge in [0.15, 0.2) is 0 Å². The van der Waals surface area contributed by atoms with Crippen molar-refractivity contribution < 1.29 is 14.6 Å². The van der Waals surface area contributed by atoms with Gasteiger partial charge in [0.1, 0.15) is 0 Å². The Labute approximate surface area is 106 Å². The number of aliphatic hydroxyl groups excluding tert-OH is 1. The summed E-state index contributed by atoms with van der Waals surface area (Å²) < 4.78 is 4.90. The first kappa shape index (κ1) is 18.7. The molecule has 0 spiro atoms. The summed E-state index contributed by atoms with van der Waals surface area (Å²) in [5.74, 6) is 0.0795.